The van der Waals surface area contributed by atoms with Gasteiger partial charge < -0.3 is 10.2 Å². The highest BCUT2D eigenvalue weighted by Gasteiger charge is 2.14. The van der Waals surface area contributed by atoms with Crippen LogP contribution in [0.4, 0.5) is 0 Å². The summed E-state index contributed by atoms with van der Waals surface area (Å²) in [5, 5.41) is 3.43. The number of benzene rings is 1. The van der Waals surface area contributed by atoms with E-state index in [0.29, 0.717) is 12.1 Å². The summed E-state index contributed by atoms with van der Waals surface area (Å²) in [4.78, 5) is 2.49. The third-order valence-corrected chi connectivity index (χ3v) is 4.49. The van der Waals surface area contributed by atoms with Crippen molar-refractivity contribution in [1.82, 2.24) is 10.2 Å². The molecule has 1 aromatic carbocycles. The fraction of sp³-hybridized carbons (Fsp3) is 0.625. The standard InChI is InChI=1S/C16H27BrN2/c1-5-15(6-2)19(4)12-11-16(18-3)13-7-9-14(17)10-8-13/h7-10,15-16,18H,5-6,11-12H2,1-4H3. The second-order valence-corrected chi connectivity index (χ2v) is 6.05. The molecule has 0 bridgehead atoms. The van der Waals surface area contributed by atoms with Gasteiger partial charge in [-0.05, 0) is 57.6 Å². The summed E-state index contributed by atoms with van der Waals surface area (Å²) in [5.41, 5.74) is 1.36. The number of halogens is 1. The highest BCUT2D eigenvalue weighted by Crippen LogP contribution is 2.20. The molecule has 0 aliphatic rings. The molecule has 1 N–H and O–H groups in total. The summed E-state index contributed by atoms with van der Waals surface area (Å²) in [7, 11) is 4.29. The molecule has 0 saturated heterocycles. The van der Waals surface area contributed by atoms with E-state index in [2.05, 4.69) is 71.3 Å². The smallest absolute Gasteiger partial charge is 0.0329 e. The minimum absolute atomic E-state index is 0.435. The van der Waals surface area contributed by atoms with Crippen LogP contribution in [0.15, 0.2) is 28.7 Å². The SMILES string of the molecule is CCC(CC)N(C)CCC(NC)c1ccc(Br)cc1. The largest absolute Gasteiger partial charge is 0.313 e. The molecule has 0 saturated carbocycles. The van der Waals surface area contributed by atoms with Crippen molar-refractivity contribution in [2.75, 3.05) is 20.6 Å². The van der Waals surface area contributed by atoms with E-state index in [1.807, 2.05) is 7.05 Å². The van der Waals surface area contributed by atoms with Crippen LogP contribution in [0.5, 0.6) is 0 Å². The molecule has 108 valence electrons. The van der Waals surface area contributed by atoms with Gasteiger partial charge in [-0.2, -0.15) is 0 Å². The van der Waals surface area contributed by atoms with Crippen molar-refractivity contribution in [3.63, 3.8) is 0 Å². The van der Waals surface area contributed by atoms with Crippen LogP contribution in [-0.4, -0.2) is 31.6 Å². The van der Waals surface area contributed by atoms with Gasteiger partial charge in [-0.3, -0.25) is 0 Å². The summed E-state index contributed by atoms with van der Waals surface area (Å²) in [6.07, 6.45) is 3.61. The summed E-state index contributed by atoms with van der Waals surface area (Å²) >= 11 is 3.49. The Morgan fingerprint density at radius 3 is 2.21 bits per heavy atom. The van der Waals surface area contributed by atoms with Crippen LogP contribution in [0.1, 0.15) is 44.7 Å². The third kappa shape index (κ3) is 5.25. The summed E-state index contributed by atoms with van der Waals surface area (Å²) < 4.78 is 1.14. The van der Waals surface area contributed by atoms with E-state index in [4.69, 9.17) is 0 Å². The monoisotopic (exact) mass is 326 g/mol. The molecule has 1 aromatic rings. The van der Waals surface area contributed by atoms with E-state index in [1.54, 1.807) is 0 Å². The first-order valence-electron chi connectivity index (χ1n) is 7.25. The lowest BCUT2D eigenvalue weighted by atomic mass is 10.0. The lowest BCUT2D eigenvalue weighted by Gasteiger charge is -2.28. The van der Waals surface area contributed by atoms with Gasteiger partial charge in [0.2, 0.25) is 0 Å². The topological polar surface area (TPSA) is 15.3 Å². The molecule has 1 unspecified atom stereocenters. The Balaban J connectivity index is 2.55. The van der Waals surface area contributed by atoms with Gasteiger partial charge >= 0.3 is 0 Å². The second kappa shape index (κ2) is 8.72. The van der Waals surface area contributed by atoms with Crippen LogP contribution in [0.2, 0.25) is 0 Å². The van der Waals surface area contributed by atoms with E-state index in [-0.39, 0.29) is 0 Å². The van der Waals surface area contributed by atoms with Gasteiger partial charge in [0.25, 0.3) is 0 Å². The van der Waals surface area contributed by atoms with Crippen LogP contribution in [0.3, 0.4) is 0 Å². The fourth-order valence-corrected chi connectivity index (χ4v) is 2.86. The molecule has 0 aliphatic carbocycles. The maximum Gasteiger partial charge on any atom is 0.0329 e. The maximum atomic E-state index is 3.49. The zero-order chi connectivity index (χ0) is 14.3. The van der Waals surface area contributed by atoms with E-state index in [0.717, 1.165) is 17.4 Å². The van der Waals surface area contributed by atoms with Crippen molar-refractivity contribution in [1.29, 1.82) is 0 Å². The highest BCUT2D eigenvalue weighted by molar-refractivity contribution is 9.10. The Hall–Kier alpha value is -0.380. The lowest BCUT2D eigenvalue weighted by Crippen LogP contribution is -2.33. The quantitative estimate of drug-likeness (QED) is 0.769. The molecule has 0 aliphatic heterocycles. The molecule has 19 heavy (non-hydrogen) atoms. The van der Waals surface area contributed by atoms with Crippen molar-refractivity contribution < 1.29 is 0 Å². The molecule has 0 fully saturated rings. The van der Waals surface area contributed by atoms with Crippen LogP contribution in [0.25, 0.3) is 0 Å². The molecule has 0 amide bonds. The van der Waals surface area contributed by atoms with Gasteiger partial charge in [0.1, 0.15) is 0 Å². The van der Waals surface area contributed by atoms with Gasteiger partial charge in [0.05, 0.1) is 0 Å². The minimum Gasteiger partial charge on any atom is -0.313 e. The summed E-state index contributed by atoms with van der Waals surface area (Å²) in [6, 6.07) is 9.77. The molecular formula is C16H27BrN2. The maximum absolute atomic E-state index is 3.49. The van der Waals surface area contributed by atoms with Crippen LogP contribution >= 0.6 is 15.9 Å². The van der Waals surface area contributed by atoms with Gasteiger partial charge in [-0.15, -0.1) is 0 Å². The van der Waals surface area contributed by atoms with E-state index in [1.165, 1.54) is 18.4 Å². The molecule has 1 rings (SSSR count). The predicted molar refractivity (Wildman–Crippen MR) is 87.6 cm³/mol. The van der Waals surface area contributed by atoms with Crippen molar-refractivity contribution in [3.05, 3.63) is 34.3 Å². The van der Waals surface area contributed by atoms with E-state index < -0.39 is 0 Å². The zero-order valence-electron chi connectivity index (χ0n) is 12.6. The molecule has 1 atom stereocenters. The van der Waals surface area contributed by atoms with Crippen molar-refractivity contribution in [2.24, 2.45) is 0 Å². The molecule has 0 heterocycles. The first kappa shape index (κ1) is 16.7. The summed E-state index contributed by atoms with van der Waals surface area (Å²) in [6.45, 7) is 5.68. The van der Waals surface area contributed by atoms with E-state index in [9.17, 15) is 0 Å². The second-order valence-electron chi connectivity index (χ2n) is 5.13. The average molecular weight is 327 g/mol. The van der Waals surface area contributed by atoms with Gasteiger partial charge in [0.15, 0.2) is 0 Å². The normalized spacial score (nSPS) is 13.2. The zero-order valence-corrected chi connectivity index (χ0v) is 14.2. The van der Waals surface area contributed by atoms with Gasteiger partial charge in [0, 0.05) is 16.6 Å². The van der Waals surface area contributed by atoms with E-state index >= 15 is 0 Å². The Bertz CT molecular complexity index is 346. The Morgan fingerprint density at radius 2 is 1.74 bits per heavy atom. The molecule has 0 radical (unpaired) electrons. The Labute approximate surface area is 126 Å². The molecule has 0 spiro atoms. The van der Waals surface area contributed by atoms with Gasteiger partial charge in [-0.1, -0.05) is 41.9 Å². The first-order chi connectivity index (χ1) is 9.12. The highest BCUT2D eigenvalue weighted by atomic mass is 79.9. The number of nitrogens with one attached hydrogen (secondary N) is 1. The summed E-state index contributed by atoms with van der Waals surface area (Å²) in [5.74, 6) is 0. The molecule has 2 nitrogen and oxygen atoms in total. The number of rotatable bonds is 8. The van der Waals surface area contributed by atoms with Crippen molar-refractivity contribution in [2.45, 2.75) is 45.2 Å². The fourth-order valence-electron chi connectivity index (χ4n) is 2.60. The van der Waals surface area contributed by atoms with Crippen LogP contribution in [0, 0.1) is 0 Å². The number of hydrogen-bond acceptors (Lipinski definition) is 2. The lowest BCUT2D eigenvalue weighted by molar-refractivity contribution is 0.219. The minimum atomic E-state index is 0.435. The molecular weight excluding hydrogens is 300 g/mol. The van der Waals surface area contributed by atoms with Gasteiger partial charge in [-0.25, -0.2) is 0 Å². The third-order valence-electron chi connectivity index (χ3n) is 3.96. The molecule has 3 heteroatoms. The van der Waals surface area contributed by atoms with Crippen LogP contribution in [-0.2, 0) is 0 Å². The molecule has 0 aromatic heterocycles. The van der Waals surface area contributed by atoms with Crippen molar-refractivity contribution >= 4 is 15.9 Å². The average Bonchev–Trinajstić information content (AvgIpc) is 2.42. The number of nitrogens with zero attached hydrogens (tertiary/aromatic N) is 1. The number of hydrogen-bond donors (Lipinski definition) is 1. The predicted octanol–water partition coefficient (Wildman–Crippen LogP) is 4.22. The van der Waals surface area contributed by atoms with Crippen molar-refractivity contribution in [3.8, 4) is 0 Å². The first-order valence-corrected chi connectivity index (χ1v) is 8.04. The Kier molecular flexibility index (Phi) is 7.66. The Morgan fingerprint density at radius 1 is 1.16 bits per heavy atom. The van der Waals surface area contributed by atoms with Crippen LogP contribution < -0.4 is 5.32 Å².